The first kappa shape index (κ1) is 11.2. The van der Waals surface area contributed by atoms with Crippen molar-refractivity contribution in [2.45, 2.75) is 4.90 Å². The fourth-order valence-corrected chi connectivity index (χ4v) is 2.60. The van der Waals surface area contributed by atoms with Gasteiger partial charge in [0.15, 0.2) is 21.3 Å². The SMILES string of the molecule is NCCS(=O)(=O)c1ccc2c(c1)OCCO2. The minimum Gasteiger partial charge on any atom is -0.486 e. The summed E-state index contributed by atoms with van der Waals surface area (Å²) in [5.41, 5.74) is 5.25. The summed E-state index contributed by atoms with van der Waals surface area (Å²) in [4.78, 5) is 0.224. The maximum Gasteiger partial charge on any atom is 0.179 e. The Morgan fingerprint density at radius 2 is 1.88 bits per heavy atom. The van der Waals surface area contributed by atoms with Gasteiger partial charge in [0.1, 0.15) is 13.2 Å². The van der Waals surface area contributed by atoms with Gasteiger partial charge in [-0.15, -0.1) is 0 Å². The Morgan fingerprint density at radius 3 is 2.56 bits per heavy atom. The van der Waals surface area contributed by atoms with Crippen LogP contribution < -0.4 is 15.2 Å². The molecule has 6 heteroatoms. The predicted octanol–water partition coefficient (Wildman–Crippen LogP) is 0.190. The van der Waals surface area contributed by atoms with Crippen molar-refractivity contribution in [3.63, 3.8) is 0 Å². The van der Waals surface area contributed by atoms with Gasteiger partial charge in [0, 0.05) is 12.6 Å². The van der Waals surface area contributed by atoms with E-state index in [9.17, 15) is 8.42 Å². The third kappa shape index (κ3) is 2.12. The lowest BCUT2D eigenvalue weighted by Crippen LogP contribution is -2.18. The van der Waals surface area contributed by atoms with Gasteiger partial charge in [0.25, 0.3) is 0 Å². The van der Waals surface area contributed by atoms with Crippen LogP contribution in [0.25, 0.3) is 0 Å². The number of hydrogen-bond acceptors (Lipinski definition) is 5. The summed E-state index contributed by atoms with van der Waals surface area (Å²) in [7, 11) is -3.30. The van der Waals surface area contributed by atoms with Crippen LogP contribution >= 0.6 is 0 Å². The van der Waals surface area contributed by atoms with Gasteiger partial charge in [-0.1, -0.05) is 0 Å². The van der Waals surface area contributed by atoms with E-state index < -0.39 is 9.84 Å². The fourth-order valence-electron chi connectivity index (χ4n) is 1.49. The van der Waals surface area contributed by atoms with Crippen molar-refractivity contribution in [2.75, 3.05) is 25.5 Å². The molecule has 0 unspecified atom stereocenters. The molecule has 1 aromatic carbocycles. The summed E-state index contributed by atoms with van der Waals surface area (Å²) in [5, 5.41) is 0. The average Bonchev–Trinajstić information content (AvgIpc) is 2.28. The lowest BCUT2D eigenvalue weighted by atomic mass is 10.3. The van der Waals surface area contributed by atoms with Gasteiger partial charge in [0.05, 0.1) is 10.6 Å². The van der Waals surface area contributed by atoms with E-state index in [0.29, 0.717) is 24.7 Å². The molecule has 0 bridgehead atoms. The van der Waals surface area contributed by atoms with Gasteiger partial charge in [0.2, 0.25) is 0 Å². The quantitative estimate of drug-likeness (QED) is 0.820. The summed E-state index contributed by atoms with van der Waals surface area (Å²) >= 11 is 0. The molecule has 0 radical (unpaired) electrons. The second kappa shape index (κ2) is 4.31. The number of ether oxygens (including phenoxy) is 2. The molecule has 16 heavy (non-hydrogen) atoms. The number of benzene rings is 1. The Hall–Kier alpha value is -1.27. The van der Waals surface area contributed by atoms with E-state index >= 15 is 0 Å². The normalized spacial score (nSPS) is 14.8. The van der Waals surface area contributed by atoms with Gasteiger partial charge in [-0.05, 0) is 12.1 Å². The molecular formula is C10H13NO4S. The maximum absolute atomic E-state index is 11.7. The van der Waals surface area contributed by atoms with Crippen molar-refractivity contribution < 1.29 is 17.9 Å². The Bertz CT molecular complexity index is 484. The van der Waals surface area contributed by atoms with E-state index in [1.54, 1.807) is 6.07 Å². The van der Waals surface area contributed by atoms with E-state index in [4.69, 9.17) is 15.2 Å². The lowest BCUT2D eigenvalue weighted by molar-refractivity contribution is 0.171. The van der Waals surface area contributed by atoms with Gasteiger partial charge in [-0.3, -0.25) is 0 Å². The Kier molecular flexibility index (Phi) is 3.02. The zero-order chi connectivity index (χ0) is 11.6. The molecule has 0 atom stereocenters. The van der Waals surface area contributed by atoms with Gasteiger partial charge in [-0.2, -0.15) is 0 Å². The van der Waals surface area contributed by atoms with Crippen LogP contribution in [0.2, 0.25) is 0 Å². The van der Waals surface area contributed by atoms with Crippen molar-refractivity contribution >= 4 is 9.84 Å². The molecule has 1 aromatic rings. The van der Waals surface area contributed by atoms with E-state index in [1.165, 1.54) is 12.1 Å². The first-order chi connectivity index (χ1) is 7.63. The van der Waals surface area contributed by atoms with Crippen LogP contribution in [-0.4, -0.2) is 33.9 Å². The predicted molar refractivity (Wildman–Crippen MR) is 58.5 cm³/mol. The number of sulfone groups is 1. The monoisotopic (exact) mass is 243 g/mol. The minimum atomic E-state index is -3.30. The van der Waals surface area contributed by atoms with Gasteiger partial charge >= 0.3 is 0 Å². The van der Waals surface area contributed by atoms with E-state index in [0.717, 1.165) is 0 Å². The highest BCUT2D eigenvalue weighted by atomic mass is 32.2. The van der Waals surface area contributed by atoms with Crippen LogP contribution in [0.3, 0.4) is 0 Å². The van der Waals surface area contributed by atoms with Crippen molar-refractivity contribution in [1.82, 2.24) is 0 Å². The molecule has 0 amide bonds. The summed E-state index contributed by atoms with van der Waals surface area (Å²) < 4.78 is 34.1. The van der Waals surface area contributed by atoms with Crippen molar-refractivity contribution in [3.05, 3.63) is 18.2 Å². The van der Waals surface area contributed by atoms with E-state index in [-0.39, 0.29) is 17.2 Å². The topological polar surface area (TPSA) is 78.6 Å². The number of fused-ring (bicyclic) bond motifs is 1. The maximum atomic E-state index is 11.7. The van der Waals surface area contributed by atoms with E-state index in [1.807, 2.05) is 0 Å². The summed E-state index contributed by atoms with van der Waals surface area (Å²) in [6.07, 6.45) is 0. The molecule has 88 valence electrons. The number of nitrogens with two attached hydrogens (primary N) is 1. The van der Waals surface area contributed by atoms with Gasteiger partial charge in [-0.25, -0.2) is 8.42 Å². The minimum absolute atomic E-state index is 0.0629. The molecule has 5 nitrogen and oxygen atoms in total. The highest BCUT2D eigenvalue weighted by Gasteiger charge is 2.18. The Balaban J connectivity index is 2.37. The average molecular weight is 243 g/mol. The zero-order valence-electron chi connectivity index (χ0n) is 8.68. The summed E-state index contributed by atoms with van der Waals surface area (Å²) in [6.45, 7) is 1.03. The first-order valence-electron chi connectivity index (χ1n) is 4.96. The zero-order valence-corrected chi connectivity index (χ0v) is 9.50. The number of hydrogen-bond donors (Lipinski definition) is 1. The molecular weight excluding hydrogens is 230 g/mol. The second-order valence-corrected chi connectivity index (χ2v) is 5.52. The van der Waals surface area contributed by atoms with Crippen molar-refractivity contribution in [2.24, 2.45) is 5.73 Å². The van der Waals surface area contributed by atoms with Crippen molar-refractivity contribution in [1.29, 1.82) is 0 Å². The third-order valence-corrected chi connectivity index (χ3v) is 4.00. The molecule has 1 aliphatic rings. The smallest absolute Gasteiger partial charge is 0.179 e. The Labute approximate surface area is 94.1 Å². The van der Waals surface area contributed by atoms with Crippen LogP contribution in [-0.2, 0) is 9.84 Å². The highest BCUT2D eigenvalue weighted by molar-refractivity contribution is 7.91. The molecule has 0 aromatic heterocycles. The van der Waals surface area contributed by atoms with Crippen molar-refractivity contribution in [3.8, 4) is 11.5 Å². The van der Waals surface area contributed by atoms with Crippen LogP contribution in [0.4, 0.5) is 0 Å². The van der Waals surface area contributed by atoms with Crippen LogP contribution in [0.15, 0.2) is 23.1 Å². The Morgan fingerprint density at radius 1 is 1.19 bits per heavy atom. The molecule has 1 heterocycles. The molecule has 2 N–H and O–H groups in total. The highest BCUT2D eigenvalue weighted by Crippen LogP contribution is 2.32. The van der Waals surface area contributed by atoms with E-state index in [2.05, 4.69) is 0 Å². The van der Waals surface area contributed by atoms with Crippen LogP contribution in [0.1, 0.15) is 0 Å². The second-order valence-electron chi connectivity index (χ2n) is 3.41. The molecule has 1 aliphatic heterocycles. The lowest BCUT2D eigenvalue weighted by Gasteiger charge is -2.18. The van der Waals surface area contributed by atoms with Gasteiger partial charge < -0.3 is 15.2 Å². The van der Waals surface area contributed by atoms with Crippen LogP contribution in [0, 0.1) is 0 Å². The van der Waals surface area contributed by atoms with Crippen LogP contribution in [0.5, 0.6) is 11.5 Å². The third-order valence-electron chi connectivity index (χ3n) is 2.26. The molecule has 0 fully saturated rings. The molecule has 0 aliphatic carbocycles. The molecule has 0 saturated heterocycles. The summed E-state index contributed by atoms with van der Waals surface area (Å²) in [6, 6.07) is 4.61. The standard InChI is InChI=1S/C10H13NO4S/c11-3-6-16(12,13)8-1-2-9-10(7-8)15-5-4-14-9/h1-2,7H,3-6,11H2. The molecule has 2 rings (SSSR count). The first-order valence-corrected chi connectivity index (χ1v) is 6.61. The summed E-state index contributed by atoms with van der Waals surface area (Å²) in [5.74, 6) is 0.995. The number of rotatable bonds is 3. The fraction of sp³-hybridized carbons (Fsp3) is 0.400. The molecule has 0 spiro atoms. The molecule has 0 saturated carbocycles. The largest absolute Gasteiger partial charge is 0.486 e.